The minimum Gasteiger partial charge on any atom is -1.00 e. The lowest BCUT2D eigenvalue weighted by atomic mass is 9.91. The lowest BCUT2D eigenvalue weighted by molar-refractivity contribution is -0.462. The van der Waals surface area contributed by atoms with Gasteiger partial charge >= 0.3 is 0 Å². The van der Waals surface area contributed by atoms with E-state index in [1.165, 1.54) is 33.7 Å². The first-order valence-electron chi connectivity index (χ1n) is 8.54. The standard InChI is InChI=1S/C23H25N2.ClH/c1-24(2)21-14-10-19(11-15-21)23(18-8-6-5-7-9-18)20-12-16-22(17-13-20)25(3)4;/h5-17H,1-4H3;1H/q+1;/p-1/i24+1,25+1;. The normalized spacial score (nSPS) is 12.6. The van der Waals surface area contributed by atoms with Gasteiger partial charge in [0.1, 0.15) is 14.1 Å². The molecule has 1 aliphatic rings. The Kier molecular flexibility index (Phi) is 6.59. The van der Waals surface area contributed by atoms with Gasteiger partial charge in [0.25, 0.3) is 0 Å². The second-order valence-electron chi connectivity index (χ2n) is 6.62. The molecule has 0 amide bonds. The van der Waals surface area contributed by atoms with Gasteiger partial charge in [-0.15, -0.1) is 0 Å². The van der Waals surface area contributed by atoms with Crippen molar-refractivity contribution < 1.29 is 17.0 Å². The van der Waals surface area contributed by atoms with Gasteiger partial charge in [0.15, 0.2) is 5.71 Å². The minimum absolute atomic E-state index is 0. The first-order chi connectivity index (χ1) is 12.1. The van der Waals surface area contributed by atoms with E-state index >= 15 is 0 Å². The van der Waals surface area contributed by atoms with Crippen molar-refractivity contribution in [3.8, 4) is 0 Å². The van der Waals surface area contributed by atoms with E-state index in [0.29, 0.717) is 0 Å². The maximum Gasteiger partial charge on any atom is 0.199 e. The molecular weight excluding hydrogens is 342 g/mol. The smallest absolute Gasteiger partial charge is 0.199 e. The Morgan fingerprint density at radius 3 is 1.77 bits per heavy atom. The van der Waals surface area contributed by atoms with E-state index in [0.717, 1.165) is 0 Å². The fraction of sp³-hybridized carbons (Fsp3) is 0.174. The van der Waals surface area contributed by atoms with Gasteiger partial charge < -0.3 is 17.3 Å². The minimum atomic E-state index is 0. The van der Waals surface area contributed by atoms with Crippen LogP contribution in [0, 0.1) is 0 Å². The van der Waals surface area contributed by atoms with Gasteiger partial charge in [-0.1, -0.05) is 42.5 Å². The van der Waals surface area contributed by atoms with Gasteiger partial charge in [0.05, 0.1) is 0 Å². The van der Waals surface area contributed by atoms with E-state index in [2.05, 4.69) is 117 Å². The van der Waals surface area contributed by atoms with Crippen LogP contribution in [-0.2, 0) is 0 Å². The third kappa shape index (κ3) is 4.33. The molecule has 1 aliphatic carbocycles. The topological polar surface area (TPSA) is 6.25 Å². The summed E-state index contributed by atoms with van der Waals surface area (Å²) in [6, 6.07) is 19.4. The average molecular weight is 367 g/mol. The van der Waals surface area contributed by atoms with Crippen LogP contribution in [0.1, 0.15) is 11.1 Å². The fourth-order valence-electron chi connectivity index (χ4n) is 2.96. The van der Waals surface area contributed by atoms with Gasteiger partial charge in [-0.3, -0.25) is 0 Å². The molecule has 0 saturated heterocycles. The van der Waals surface area contributed by atoms with E-state index < -0.39 is 0 Å². The summed E-state index contributed by atoms with van der Waals surface area (Å²) in [4.78, 5) is 2.12. The van der Waals surface area contributed by atoms with E-state index in [4.69, 9.17) is 0 Å². The zero-order valence-corrected chi connectivity index (χ0v) is 16.5. The number of anilines is 1. The van der Waals surface area contributed by atoms with Gasteiger partial charge in [-0.05, 0) is 46.6 Å². The van der Waals surface area contributed by atoms with E-state index in [1.54, 1.807) is 0 Å². The van der Waals surface area contributed by atoms with Crippen molar-refractivity contribution in [2.24, 2.45) is 0 Å². The highest BCUT2D eigenvalue weighted by atomic mass is 35.5. The predicted molar refractivity (Wildman–Crippen MR) is 109 cm³/mol. The molecule has 0 aromatic heterocycles. The molecule has 0 spiro atoms. The van der Waals surface area contributed by atoms with Crippen molar-refractivity contribution >= 4 is 17.0 Å². The van der Waals surface area contributed by atoms with Gasteiger partial charge in [-0.2, -0.15) is 0 Å². The number of allylic oxidation sites excluding steroid dienone is 5. The molecule has 0 unspecified atom stereocenters. The van der Waals surface area contributed by atoms with E-state index in [1.807, 2.05) is 0 Å². The van der Waals surface area contributed by atoms with E-state index in [9.17, 15) is 0 Å². The molecule has 2 nitrogen and oxygen atoms in total. The maximum absolute atomic E-state index is 2.21. The molecule has 0 fully saturated rings. The summed E-state index contributed by atoms with van der Waals surface area (Å²) in [6.45, 7) is 0. The van der Waals surface area contributed by atoms with Gasteiger partial charge in [0, 0.05) is 31.9 Å². The molecule has 0 bridgehead atoms. The highest BCUT2D eigenvalue weighted by Crippen LogP contribution is 2.30. The van der Waals surface area contributed by atoms with Gasteiger partial charge in [-0.25, -0.2) is 4.58 Å². The Morgan fingerprint density at radius 1 is 0.731 bits per heavy atom. The van der Waals surface area contributed by atoms with Crippen molar-refractivity contribution in [2.45, 2.75) is 0 Å². The summed E-state index contributed by atoms with van der Waals surface area (Å²) in [7, 11) is 8.27. The molecule has 0 atom stereocenters. The number of nitrogens with zero attached hydrogens (tertiary/aromatic N) is 2. The predicted octanol–water partition coefficient (Wildman–Crippen LogP) is 1.40. The van der Waals surface area contributed by atoms with Crippen LogP contribution in [0.4, 0.5) is 5.69 Å². The van der Waals surface area contributed by atoms with Crippen molar-refractivity contribution in [3.05, 3.63) is 95.6 Å². The molecule has 26 heavy (non-hydrogen) atoms. The summed E-state index contributed by atoms with van der Waals surface area (Å²) < 4.78 is 2.12. The second-order valence-corrected chi connectivity index (χ2v) is 6.62. The summed E-state index contributed by atoms with van der Waals surface area (Å²) >= 11 is 0. The maximum atomic E-state index is 2.21. The van der Waals surface area contributed by atoms with Gasteiger partial charge in [0.2, 0.25) is 0 Å². The SMILES string of the molecule is C[15N](C)c1ccc(C(=C2C=CC(=[15N+](C)C)C=C2)c2ccccc2)cc1.[Cl-]. The number of hydrogen-bond acceptors (Lipinski definition) is 1. The highest BCUT2D eigenvalue weighted by Gasteiger charge is 2.13. The van der Waals surface area contributed by atoms with Crippen molar-refractivity contribution in [1.29, 1.82) is 0 Å². The van der Waals surface area contributed by atoms with Crippen LogP contribution in [0.15, 0.2) is 84.5 Å². The number of halogens is 1. The Morgan fingerprint density at radius 2 is 1.27 bits per heavy atom. The molecule has 0 N–H and O–H groups in total. The van der Waals surface area contributed by atoms with Crippen molar-refractivity contribution in [1.82, 2.24) is 0 Å². The van der Waals surface area contributed by atoms with Crippen LogP contribution in [0.5, 0.6) is 0 Å². The second kappa shape index (κ2) is 8.68. The Bertz CT molecular complexity index is 848. The first-order valence-corrected chi connectivity index (χ1v) is 8.54. The molecule has 2 aromatic rings. The van der Waals surface area contributed by atoms with E-state index in [-0.39, 0.29) is 12.4 Å². The lowest BCUT2D eigenvalue weighted by Gasteiger charge is -2.16. The molecule has 0 radical (unpaired) electrons. The zero-order valence-electron chi connectivity index (χ0n) is 15.8. The quantitative estimate of drug-likeness (QED) is 0.588. The summed E-state index contributed by atoms with van der Waals surface area (Å²) in [5, 5.41) is 0. The first kappa shape index (κ1) is 19.7. The van der Waals surface area contributed by atoms with Crippen LogP contribution in [0.25, 0.3) is 5.57 Å². The average Bonchev–Trinajstić information content (AvgIpc) is 2.64. The molecule has 0 saturated carbocycles. The number of benzene rings is 2. The molecule has 134 valence electrons. The Labute approximate surface area is 162 Å². The van der Waals surface area contributed by atoms with Crippen LogP contribution >= 0.6 is 0 Å². The number of hydrogen-bond donors (Lipinski definition) is 0. The molecule has 0 aliphatic heterocycles. The Balaban J connectivity index is 0.00000243. The molecular formula is C23H25ClN2. The summed E-state index contributed by atoms with van der Waals surface area (Å²) in [6.07, 6.45) is 8.76. The molecule has 3 rings (SSSR count). The highest BCUT2D eigenvalue weighted by molar-refractivity contribution is 6.03. The number of rotatable bonds is 3. The monoisotopic (exact) mass is 366 g/mol. The summed E-state index contributed by atoms with van der Waals surface area (Å²) in [5.74, 6) is 0. The zero-order chi connectivity index (χ0) is 17.8. The largest absolute Gasteiger partial charge is 1.00 e. The molecule has 0 heterocycles. The third-order valence-electron chi connectivity index (χ3n) is 4.41. The van der Waals surface area contributed by atoms with Crippen LogP contribution < -0.4 is 17.3 Å². The lowest BCUT2D eigenvalue weighted by Crippen LogP contribution is -3.00. The third-order valence-corrected chi connectivity index (χ3v) is 4.41. The Hall–Kier alpha value is -2.58. The van der Waals surface area contributed by atoms with Crippen molar-refractivity contribution in [2.75, 3.05) is 33.1 Å². The molecule has 2 aromatic carbocycles. The summed E-state index contributed by atoms with van der Waals surface area (Å²) in [5.41, 5.74) is 7.37. The van der Waals surface area contributed by atoms with Crippen LogP contribution in [0.2, 0.25) is 0 Å². The van der Waals surface area contributed by atoms with Crippen molar-refractivity contribution in [3.63, 3.8) is 0 Å². The van der Waals surface area contributed by atoms with Crippen LogP contribution in [0.3, 0.4) is 0 Å². The van der Waals surface area contributed by atoms with Crippen LogP contribution in [-0.4, -0.2) is 38.5 Å². The molecule has 3 heteroatoms. The fourth-order valence-corrected chi connectivity index (χ4v) is 2.96.